The number of nitrogens with two attached hydrogens (primary N) is 1. The number of halogens is 1. The highest BCUT2D eigenvalue weighted by molar-refractivity contribution is 5.98. The number of amides is 1. The number of hydrogen-bond acceptors (Lipinski definition) is 3. The van der Waals surface area contributed by atoms with E-state index in [1.54, 1.807) is 0 Å². The quantitative estimate of drug-likeness (QED) is 0.844. The summed E-state index contributed by atoms with van der Waals surface area (Å²) in [6.45, 7) is 6.04. The Balaban J connectivity index is 2.73. The molecule has 0 spiro atoms. The van der Waals surface area contributed by atoms with Crippen LogP contribution in [0.5, 0.6) is 0 Å². The topological polar surface area (TPSA) is 68.0 Å². The van der Waals surface area contributed by atoms with Crippen LogP contribution in [0.1, 0.15) is 37.6 Å². The molecule has 17 heavy (non-hydrogen) atoms. The molecule has 1 unspecified atom stereocenters. The summed E-state index contributed by atoms with van der Waals surface area (Å²) >= 11 is 0. The number of nitrogen functional groups attached to an aromatic ring is 1. The summed E-state index contributed by atoms with van der Waals surface area (Å²) in [6, 6.07) is 1.12. The molecule has 5 heteroatoms. The van der Waals surface area contributed by atoms with Gasteiger partial charge in [0, 0.05) is 6.04 Å². The van der Waals surface area contributed by atoms with Gasteiger partial charge in [0.25, 0.3) is 5.91 Å². The number of pyridine rings is 1. The van der Waals surface area contributed by atoms with E-state index >= 15 is 0 Å². The van der Waals surface area contributed by atoms with Gasteiger partial charge in [-0.25, -0.2) is 9.37 Å². The van der Waals surface area contributed by atoms with Crippen LogP contribution in [0.3, 0.4) is 0 Å². The van der Waals surface area contributed by atoms with Crippen LogP contribution in [0, 0.1) is 11.7 Å². The van der Waals surface area contributed by atoms with Crippen molar-refractivity contribution < 1.29 is 9.18 Å². The maximum Gasteiger partial charge on any atom is 0.255 e. The maximum atomic E-state index is 13.0. The number of carbonyl (C=O) groups is 1. The molecule has 0 saturated heterocycles. The normalized spacial score (nSPS) is 12.5. The Kier molecular flexibility index (Phi) is 4.43. The summed E-state index contributed by atoms with van der Waals surface area (Å²) in [5, 5.41) is 2.77. The van der Waals surface area contributed by atoms with E-state index in [9.17, 15) is 9.18 Å². The molecule has 0 saturated carbocycles. The van der Waals surface area contributed by atoms with E-state index in [4.69, 9.17) is 5.73 Å². The molecule has 94 valence electrons. The molecule has 0 radical (unpaired) electrons. The van der Waals surface area contributed by atoms with Crippen LogP contribution in [0.15, 0.2) is 12.3 Å². The fourth-order valence-electron chi connectivity index (χ4n) is 1.70. The number of aromatic nitrogens is 1. The summed E-state index contributed by atoms with van der Waals surface area (Å²) in [7, 11) is 0. The molecule has 0 aromatic carbocycles. The zero-order valence-electron chi connectivity index (χ0n) is 10.3. The van der Waals surface area contributed by atoms with Gasteiger partial charge in [-0.05, 0) is 25.3 Å². The van der Waals surface area contributed by atoms with E-state index in [1.807, 2.05) is 6.92 Å². The Morgan fingerprint density at radius 3 is 2.76 bits per heavy atom. The van der Waals surface area contributed by atoms with Crippen molar-refractivity contribution in [2.24, 2.45) is 5.92 Å². The zero-order chi connectivity index (χ0) is 13.0. The number of hydrogen-bond donors (Lipinski definition) is 2. The zero-order valence-corrected chi connectivity index (χ0v) is 10.3. The molecule has 1 aromatic heterocycles. The fraction of sp³-hybridized carbons (Fsp3) is 0.500. The fourth-order valence-corrected chi connectivity index (χ4v) is 1.70. The van der Waals surface area contributed by atoms with Crippen molar-refractivity contribution in [3.63, 3.8) is 0 Å². The van der Waals surface area contributed by atoms with Gasteiger partial charge in [-0.3, -0.25) is 4.79 Å². The van der Waals surface area contributed by atoms with Crippen LogP contribution in [-0.2, 0) is 0 Å². The van der Waals surface area contributed by atoms with Gasteiger partial charge in [-0.15, -0.1) is 0 Å². The van der Waals surface area contributed by atoms with Crippen LogP contribution >= 0.6 is 0 Å². The van der Waals surface area contributed by atoms with E-state index in [0.29, 0.717) is 5.92 Å². The minimum absolute atomic E-state index is 0.0187. The molecule has 0 fully saturated rings. The Bertz CT molecular complexity index is 407. The lowest BCUT2D eigenvalue weighted by molar-refractivity contribution is 0.0936. The lowest BCUT2D eigenvalue weighted by atomic mass is 10.0. The van der Waals surface area contributed by atoms with Gasteiger partial charge in [0.2, 0.25) is 0 Å². The third-order valence-electron chi connectivity index (χ3n) is 2.33. The third-order valence-corrected chi connectivity index (χ3v) is 2.33. The van der Waals surface area contributed by atoms with Gasteiger partial charge < -0.3 is 11.1 Å². The first-order chi connectivity index (χ1) is 7.90. The summed E-state index contributed by atoms with van der Waals surface area (Å²) in [6.07, 6.45) is 1.85. The minimum Gasteiger partial charge on any atom is -0.383 e. The van der Waals surface area contributed by atoms with Crippen molar-refractivity contribution in [2.75, 3.05) is 5.73 Å². The lowest BCUT2D eigenvalue weighted by Gasteiger charge is -2.16. The van der Waals surface area contributed by atoms with Crippen molar-refractivity contribution in [1.29, 1.82) is 0 Å². The van der Waals surface area contributed by atoms with Gasteiger partial charge >= 0.3 is 0 Å². The first kappa shape index (κ1) is 13.4. The molecule has 1 heterocycles. The number of rotatable bonds is 4. The molecule has 0 aliphatic rings. The molecular weight excluding hydrogens is 221 g/mol. The predicted octanol–water partition coefficient (Wildman–Crippen LogP) is 1.97. The van der Waals surface area contributed by atoms with Crippen molar-refractivity contribution in [1.82, 2.24) is 10.3 Å². The highest BCUT2D eigenvalue weighted by Gasteiger charge is 2.15. The molecule has 1 rings (SSSR count). The largest absolute Gasteiger partial charge is 0.383 e. The first-order valence-corrected chi connectivity index (χ1v) is 5.62. The van der Waals surface area contributed by atoms with Gasteiger partial charge in [0.1, 0.15) is 11.6 Å². The van der Waals surface area contributed by atoms with E-state index in [1.165, 1.54) is 0 Å². The molecule has 1 aromatic rings. The van der Waals surface area contributed by atoms with E-state index in [2.05, 4.69) is 24.1 Å². The van der Waals surface area contributed by atoms with E-state index < -0.39 is 5.82 Å². The van der Waals surface area contributed by atoms with Crippen molar-refractivity contribution in [3.05, 3.63) is 23.6 Å². The average Bonchev–Trinajstić information content (AvgIpc) is 2.20. The Labute approximate surface area is 100 Å². The molecule has 0 aliphatic carbocycles. The van der Waals surface area contributed by atoms with Crippen molar-refractivity contribution in [3.8, 4) is 0 Å². The second-order valence-electron chi connectivity index (χ2n) is 4.59. The van der Waals surface area contributed by atoms with Crippen LogP contribution < -0.4 is 11.1 Å². The summed E-state index contributed by atoms with van der Waals surface area (Å²) in [5.41, 5.74) is 5.61. The number of nitrogens with zero attached hydrogens (tertiary/aromatic N) is 1. The molecular formula is C12H18FN3O. The van der Waals surface area contributed by atoms with Crippen molar-refractivity contribution in [2.45, 2.75) is 33.2 Å². The molecule has 1 amide bonds. The molecule has 0 bridgehead atoms. The molecule has 4 nitrogen and oxygen atoms in total. The van der Waals surface area contributed by atoms with E-state index in [-0.39, 0.29) is 23.3 Å². The average molecular weight is 239 g/mol. The number of carbonyl (C=O) groups excluding carboxylic acids is 1. The Morgan fingerprint density at radius 2 is 2.18 bits per heavy atom. The second-order valence-corrected chi connectivity index (χ2v) is 4.59. The smallest absolute Gasteiger partial charge is 0.255 e. The Hall–Kier alpha value is -1.65. The monoisotopic (exact) mass is 239 g/mol. The van der Waals surface area contributed by atoms with Gasteiger partial charge in [-0.1, -0.05) is 13.8 Å². The molecule has 0 aliphatic heterocycles. The molecule has 1 atom stereocenters. The van der Waals surface area contributed by atoms with Gasteiger partial charge in [0.15, 0.2) is 0 Å². The van der Waals surface area contributed by atoms with Crippen LogP contribution in [0.25, 0.3) is 0 Å². The Morgan fingerprint density at radius 1 is 1.53 bits per heavy atom. The first-order valence-electron chi connectivity index (χ1n) is 5.62. The third kappa shape index (κ3) is 4.01. The minimum atomic E-state index is -0.569. The maximum absolute atomic E-state index is 13.0. The predicted molar refractivity (Wildman–Crippen MR) is 65.0 cm³/mol. The van der Waals surface area contributed by atoms with Gasteiger partial charge in [0.05, 0.1) is 11.8 Å². The highest BCUT2D eigenvalue weighted by Crippen LogP contribution is 2.11. The van der Waals surface area contributed by atoms with Gasteiger partial charge in [-0.2, -0.15) is 0 Å². The van der Waals surface area contributed by atoms with Crippen molar-refractivity contribution >= 4 is 11.7 Å². The SMILES string of the molecule is CC(C)CC(C)NC(=O)c1cc(F)cnc1N. The van der Waals surface area contributed by atoms with Crippen LogP contribution in [0.2, 0.25) is 0 Å². The number of anilines is 1. The standard InChI is InChI=1S/C12H18FN3O/c1-7(2)4-8(3)16-12(17)10-5-9(13)6-15-11(10)14/h5-8H,4H2,1-3H3,(H2,14,15)(H,16,17). The summed E-state index contributed by atoms with van der Waals surface area (Å²) < 4.78 is 13.0. The van der Waals surface area contributed by atoms with Crippen LogP contribution in [-0.4, -0.2) is 16.9 Å². The van der Waals surface area contributed by atoms with Crippen LogP contribution in [0.4, 0.5) is 10.2 Å². The lowest BCUT2D eigenvalue weighted by Crippen LogP contribution is -2.34. The summed E-state index contributed by atoms with van der Waals surface area (Å²) in [4.78, 5) is 15.4. The van der Waals surface area contributed by atoms with E-state index in [0.717, 1.165) is 18.7 Å². The summed E-state index contributed by atoms with van der Waals surface area (Å²) in [5.74, 6) is -0.433. The number of nitrogens with one attached hydrogen (secondary N) is 1. The molecule has 3 N–H and O–H groups in total. The second kappa shape index (κ2) is 5.61. The highest BCUT2D eigenvalue weighted by atomic mass is 19.1.